The second-order valence-electron chi connectivity index (χ2n) is 6.56. The van der Waals surface area contributed by atoms with E-state index in [1.54, 1.807) is 19.1 Å². The molecule has 6 nitrogen and oxygen atoms in total. The number of ether oxygens (including phenoxy) is 1. The number of aryl methyl sites for hydroxylation is 1. The van der Waals surface area contributed by atoms with Gasteiger partial charge in [-0.15, -0.1) is 0 Å². The quantitative estimate of drug-likeness (QED) is 0.759. The lowest BCUT2D eigenvalue weighted by molar-refractivity contribution is 0.0916. The zero-order chi connectivity index (χ0) is 19.7. The summed E-state index contributed by atoms with van der Waals surface area (Å²) in [5.41, 5.74) is 0.665. The number of aromatic nitrogens is 2. The van der Waals surface area contributed by atoms with Crippen LogP contribution in [0.15, 0.2) is 59.4 Å². The molecular weight excluding hydrogens is 361 g/mol. The Morgan fingerprint density at radius 3 is 2.79 bits per heavy atom. The van der Waals surface area contributed by atoms with Gasteiger partial charge < -0.3 is 10.1 Å². The molecule has 0 unspecified atom stereocenters. The summed E-state index contributed by atoms with van der Waals surface area (Å²) in [6, 6.07) is 14.5. The Balaban J connectivity index is 1.68. The number of carbonyl (C=O) groups excluding carboxylic acids is 1. The number of hydrogen-bond donors (Lipinski definition) is 1. The Kier molecular flexibility index (Phi) is 4.65. The lowest BCUT2D eigenvalue weighted by atomic mass is 10.0. The number of nitrogens with one attached hydrogen (secondary N) is 1. The van der Waals surface area contributed by atoms with Crippen molar-refractivity contribution in [3.8, 4) is 11.4 Å². The minimum atomic E-state index is -0.600. The second kappa shape index (κ2) is 7.26. The predicted molar refractivity (Wildman–Crippen MR) is 101 cm³/mol. The van der Waals surface area contributed by atoms with Crippen LogP contribution < -0.4 is 15.5 Å². The van der Waals surface area contributed by atoms with Crippen molar-refractivity contribution < 1.29 is 13.9 Å². The Morgan fingerprint density at radius 2 is 1.96 bits per heavy atom. The van der Waals surface area contributed by atoms with Gasteiger partial charge in [-0.2, -0.15) is 5.10 Å². The molecule has 2 heterocycles. The molecule has 4 rings (SSSR count). The molecule has 1 aliphatic heterocycles. The molecule has 0 bridgehead atoms. The van der Waals surface area contributed by atoms with Gasteiger partial charge in [0.05, 0.1) is 12.6 Å². The molecule has 3 aromatic rings. The minimum Gasteiger partial charge on any atom is -0.493 e. The van der Waals surface area contributed by atoms with Gasteiger partial charge in [-0.3, -0.25) is 9.59 Å². The summed E-state index contributed by atoms with van der Waals surface area (Å²) < 4.78 is 21.0. The maximum absolute atomic E-state index is 14.2. The highest BCUT2D eigenvalue weighted by Gasteiger charge is 2.25. The predicted octanol–water partition coefficient (Wildman–Crippen LogP) is 2.93. The van der Waals surface area contributed by atoms with Crippen LogP contribution in [0.25, 0.3) is 5.69 Å². The van der Waals surface area contributed by atoms with E-state index in [1.807, 2.05) is 24.3 Å². The van der Waals surface area contributed by atoms with E-state index in [0.717, 1.165) is 5.56 Å². The van der Waals surface area contributed by atoms with Crippen LogP contribution in [0.4, 0.5) is 4.39 Å². The summed E-state index contributed by atoms with van der Waals surface area (Å²) in [7, 11) is 0. The normalized spacial score (nSPS) is 15.4. The highest BCUT2D eigenvalue weighted by atomic mass is 19.1. The summed E-state index contributed by atoms with van der Waals surface area (Å²) in [6.45, 7) is 2.10. The minimum absolute atomic E-state index is 0.172. The number of hydrogen-bond acceptors (Lipinski definition) is 4. The average molecular weight is 379 g/mol. The number of fused-ring (bicyclic) bond motifs is 1. The van der Waals surface area contributed by atoms with E-state index in [2.05, 4.69) is 10.4 Å². The SMILES string of the molecule is Cc1cc(=O)c(C(=O)N[C@@H]2CCOc3ccccc32)nn1-c1ccccc1F. The molecule has 7 heteroatoms. The molecule has 2 aromatic carbocycles. The van der Waals surface area contributed by atoms with E-state index >= 15 is 0 Å². The molecule has 1 amide bonds. The maximum Gasteiger partial charge on any atom is 0.276 e. The van der Waals surface area contributed by atoms with Crippen LogP contribution in [-0.2, 0) is 0 Å². The fraction of sp³-hybridized carbons (Fsp3) is 0.190. The average Bonchev–Trinajstić information content (AvgIpc) is 2.69. The molecule has 0 saturated carbocycles. The standard InChI is InChI=1S/C21H18FN3O3/c1-13-12-18(26)20(24-25(13)17-8-4-3-7-15(17)22)21(27)23-16-10-11-28-19-9-5-2-6-14(16)19/h2-9,12,16H,10-11H2,1H3,(H,23,27)/t16-/m1/s1. The molecule has 1 aromatic heterocycles. The van der Waals surface area contributed by atoms with Crippen molar-refractivity contribution in [1.29, 1.82) is 0 Å². The van der Waals surface area contributed by atoms with E-state index < -0.39 is 17.2 Å². The van der Waals surface area contributed by atoms with Gasteiger partial charge in [0.25, 0.3) is 5.91 Å². The van der Waals surface area contributed by atoms with Crippen molar-refractivity contribution in [3.63, 3.8) is 0 Å². The molecule has 0 saturated heterocycles. The summed E-state index contributed by atoms with van der Waals surface area (Å²) in [5.74, 6) is -0.386. The third-order valence-corrected chi connectivity index (χ3v) is 4.67. The fourth-order valence-electron chi connectivity index (χ4n) is 3.29. The summed E-state index contributed by atoms with van der Waals surface area (Å²) in [6.07, 6.45) is 0.579. The molecule has 1 atom stereocenters. The molecule has 28 heavy (non-hydrogen) atoms. The molecular formula is C21H18FN3O3. The first-order valence-corrected chi connectivity index (χ1v) is 8.93. The van der Waals surface area contributed by atoms with Gasteiger partial charge in [0.2, 0.25) is 5.43 Å². The highest BCUT2D eigenvalue weighted by Crippen LogP contribution is 2.31. The summed E-state index contributed by atoms with van der Waals surface area (Å²) in [5, 5.41) is 7.00. The fourth-order valence-corrected chi connectivity index (χ4v) is 3.29. The van der Waals surface area contributed by atoms with E-state index in [9.17, 15) is 14.0 Å². The number of halogens is 1. The van der Waals surface area contributed by atoms with E-state index in [-0.39, 0.29) is 17.4 Å². The van der Waals surface area contributed by atoms with E-state index in [0.29, 0.717) is 24.5 Å². The Labute approximate surface area is 160 Å². The van der Waals surface area contributed by atoms with Crippen molar-refractivity contribution in [2.75, 3.05) is 6.61 Å². The Hall–Kier alpha value is -3.48. The second-order valence-corrected chi connectivity index (χ2v) is 6.56. The monoisotopic (exact) mass is 379 g/mol. The zero-order valence-electron chi connectivity index (χ0n) is 15.2. The van der Waals surface area contributed by atoms with Crippen molar-refractivity contribution in [2.45, 2.75) is 19.4 Å². The van der Waals surface area contributed by atoms with Crippen LogP contribution in [0.1, 0.15) is 34.2 Å². The summed E-state index contributed by atoms with van der Waals surface area (Å²) in [4.78, 5) is 25.2. The van der Waals surface area contributed by atoms with Gasteiger partial charge in [-0.05, 0) is 25.1 Å². The number of rotatable bonds is 3. The van der Waals surface area contributed by atoms with E-state index in [4.69, 9.17) is 4.74 Å². The van der Waals surface area contributed by atoms with Gasteiger partial charge in [0.15, 0.2) is 5.69 Å². The van der Waals surface area contributed by atoms with Crippen LogP contribution in [0.2, 0.25) is 0 Å². The first-order valence-electron chi connectivity index (χ1n) is 8.93. The molecule has 0 spiro atoms. The third kappa shape index (κ3) is 3.26. The van der Waals surface area contributed by atoms with Gasteiger partial charge >= 0.3 is 0 Å². The van der Waals surface area contributed by atoms with Crippen LogP contribution in [0, 0.1) is 12.7 Å². The number of benzene rings is 2. The van der Waals surface area contributed by atoms with Crippen molar-refractivity contribution >= 4 is 5.91 Å². The summed E-state index contributed by atoms with van der Waals surface area (Å²) >= 11 is 0. The Morgan fingerprint density at radius 1 is 1.21 bits per heavy atom. The van der Waals surface area contributed by atoms with Crippen molar-refractivity contribution in [3.05, 3.63) is 87.6 Å². The van der Waals surface area contributed by atoms with Gasteiger partial charge in [0, 0.05) is 23.7 Å². The number of amides is 1. The highest BCUT2D eigenvalue weighted by molar-refractivity contribution is 5.92. The maximum atomic E-state index is 14.2. The van der Waals surface area contributed by atoms with Crippen molar-refractivity contribution in [1.82, 2.24) is 15.1 Å². The third-order valence-electron chi connectivity index (χ3n) is 4.67. The number of para-hydroxylation sites is 2. The topological polar surface area (TPSA) is 73.2 Å². The van der Waals surface area contributed by atoms with Gasteiger partial charge in [0.1, 0.15) is 17.3 Å². The molecule has 1 aliphatic rings. The van der Waals surface area contributed by atoms with Crippen LogP contribution in [0.5, 0.6) is 5.75 Å². The van der Waals surface area contributed by atoms with Crippen LogP contribution in [-0.4, -0.2) is 22.3 Å². The first-order chi connectivity index (χ1) is 13.5. The smallest absolute Gasteiger partial charge is 0.276 e. The van der Waals surface area contributed by atoms with Crippen LogP contribution in [0.3, 0.4) is 0 Å². The molecule has 0 radical (unpaired) electrons. The first kappa shape index (κ1) is 17.9. The van der Waals surface area contributed by atoms with E-state index in [1.165, 1.54) is 22.9 Å². The van der Waals surface area contributed by atoms with Crippen molar-refractivity contribution in [2.24, 2.45) is 0 Å². The molecule has 0 fully saturated rings. The lowest BCUT2D eigenvalue weighted by Gasteiger charge is -2.26. The van der Waals surface area contributed by atoms with Crippen LogP contribution >= 0.6 is 0 Å². The molecule has 1 N–H and O–H groups in total. The Bertz CT molecular complexity index is 1110. The molecule has 0 aliphatic carbocycles. The zero-order valence-corrected chi connectivity index (χ0v) is 15.2. The number of nitrogens with zero attached hydrogens (tertiary/aromatic N) is 2. The largest absolute Gasteiger partial charge is 0.493 e. The van der Waals surface area contributed by atoms with Gasteiger partial charge in [-0.25, -0.2) is 9.07 Å². The lowest BCUT2D eigenvalue weighted by Crippen LogP contribution is -2.36. The number of carbonyl (C=O) groups is 1. The molecule has 142 valence electrons. The van der Waals surface area contributed by atoms with Gasteiger partial charge in [-0.1, -0.05) is 30.3 Å².